The predicted octanol–water partition coefficient (Wildman–Crippen LogP) is 3.55. The number of esters is 1. The van der Waals surface area contributed by atoms with Crippen LogP contribution < -0.4 is 0 Å². The lowest BCUT2D eigenvalue weighted by Crippen LogP contribution is -2.15. The molecule has 0 aromatic carbocycles. The molecule has 1 saturated carbocycles. The van der Waals surface area contributed by atoms with Crippen molar-refractivity contribution < 1.29 is 14.3 Å². The molecular formula is C17H20N2O3S. The number of thiazole rings is 1. The number of Topliss-reactive ketones (excluding diaryl/α,β-unsaturated/α-hetero) is 1. The summed E-state index contributed by atoms with van der Waals surface area (Å²) in [6.45, 7) is 7.34. The van der Waals surface area contributed by atoms with Crippen LogP contribution in [0, 0.1) is 27.7 Å². The zero-order valence-corrected chi connectivity index (χ0v) is 14.6. The summed E-state index contributed by atoms with van der Waals surface area (Å²) in [5.41, 5.74) is 3.36. The lowest BCUT2D eigenvalue weighted by atomic mass is 10.1. The molecule has 0 aliphatic heterocycles. The Hall–Kier alpha value is -1.95. The van der Waals surface area contributed by atoms with Crippen LogP contribution in [0.4, 0.5) is 0 Å². The lowest BCUT2D eigenvalue weighted by molar-refractivity contribution is 0.0478. The molecule has 0 unspecified atom stereocenters. The van der Waals surface area contributed by atoms with Crippen molar-refractivity contribution in [3.05, 3.63) is 38.6 Å². The topological polar surface area (TPSA) is 61.2 Å². The first-order valence-electron chi connectivity index (χ1n) is 7.71. The molecule has 1 aliphatic carbocycles. The number of carbonyl (C=O) groups excluding carboxylic acids is 2. The maximum Gasteiger partial charge on any atom is 0.350 e. The molecule has 6 heteroatoms. The molecule has 2 aromatic rings. The minimum absolute atomic E-state index is 0.155. The van der Waals surface area contributed by atoms with Crippen LogP contribution in [0.25, 0.3) is 0 Å². The monoisotopic (exact) mass is 332 g/mol. The molecular weight excluding hydrogens is 312 g/mol. The Morgan fingerprint density at radius 3 is 2.57 bits per heavy atom. The van der Waals surface area contributed by atoms with E-state index in [0.29, 0.717) is 22.2 Å². The van der Waals surface area contributed by atoms with Crippen LogP contribution in [0.15, 0.2) is 6.07 Å². The summed E-state index contributed by atoms with van der Waals surface area (Å²) in [5, 5.41) is 0.814. The zero-order valence-electron chi connectivity index (χ0n) is 13.8. The molecule has 0 atom stereocenters. The molecule has 122 valence electrons. The number of aryl methyl sites for hydroxylation is 3. The standard InChI is InChI=1S/C17H20N2O3S/c1-9-7-14(11(3)19(9)13-5-6-13)15(20)8-22-17(21)16-10(2)18-12(4)23-16/h7,13H,5-6,8H2,1-4H3. The first-order chi connectivity index (χ1) is 10.9. The summed E-state index contributed by atoms with van der Waals surface area (Å²) < 4.78 is 7.41. The van der Waals surface area contributed by atoms with Crippen LogP contribution in [-0.2, 0) is 4.74 Å². The third-order valence-electron chi connectivity index (χ3n) is 4.12. The fourth-order valence-corrected chi connectivity index (χ4v) is 3.76. The summed E-state index contributed by atoms with van der Waals surface area (Å²) in [4.78, 5) is 29.2. The molecule has 0 bridgehead atoms. The third kappa shape index (κ3) is 3.08. The first-order valence-corrected chi connectivity index (χ1v) is 8.53. The number of ether oxygens (including phenoxy) is 1. The van der Waals surface area contributed by atoms with Crippen LogP contribution >= 0.6 is 11.3 Å². The highest BCUT2D eigenvalue weighted by molar-refractivity contribution is 7.13. The highest BCUT2D eigenvalue weighted by atomic mass is 32.1. The van der Waals surface area contributed by atoms with Crippen molar-refractivity contribution in [2.24, 2.45) is 0 Å². The molecule has 3 rings (SSSR count). The summed E-state index contributed by atoms with van der Waals surface area (Å²) in [6, 6.07) is 2.42. The Kier molecular flexibility index (Phi) is 4.10. The number of hydrogen-bond acceptors (Lipinski definition) is 5. The van der Waals surface area contributed by atoms with Gasteiger partial charge in [-0.05, 0) is 46.6 Å². The van der Waals surface area contributed by atoms with Crippen molar-refractivity contribution >= 4 is 23.1 Å². The number of ketones is 1. The van der Waals surface area contributed by atoms with Crippen molar-refractivity contribution in [1.82, 2.24) is 9.55 Å². The number of rotatable bonds is 5. The van der Waals surface area contributed by atoms with Gasteiger partial charge in [-0.2, -0.15) is 0 Å². The Balaban J connectivity index is 1.69. The van der Waals surface area contributed by atoms with E-state index in [0.717, 1.165) is 16.4 Å². The van der Waals surface area contributed by atoms with Crippen LogP contribution in [0.1, 0.15) is 61.0 Å². The molecule has 1 aliphatic rings. The second kappa shape index (κ2) is 5.92. The van der Waals surface area contributed by atoms with Crippen LogP contribution in [0.2, 0.25) is 0 Å². The second-order valence-electron chi connectivity index (χ2n) is 6.03. The van der Waals surface area contributed by atoms with Crippen LogP contribution in [-0.4, -0.2) is 27.9 Å². The summed E-state index contributed by atoms with van der Waals surface area (Å²) >= 11 is 1.29. The van der Waals surface area contributed by atoms with Gasteiger partial charge in [0.25, 0.3) is 0 Å². The van der Waals surface area contributed by atoms with Crippen molar-refractivity contribution in [3.8, 4) is 0 Å². The minimum Gasteiger partial charge on any atom is -0.453 e. The van der Waals surface area contributed by atoms with Gasteiger partial charge >= 0.3 is 5.97 Å². The molecule has 5 nitrogen and oxygen atoms in total. The van der Waals surface area contributed by atoms with Gasteiger partial charge in [-0.3, -0.25) is 4.79 Å². The Morgan fingerprint density at radius 2 is 2.00 bits per heavy atom. The van der Waals surface area contributed by atoms with E-state index in [4.69, 9.17) is 4.74 Å². The largest absolute Gasteiger partial charge is 0.453 e. The van der Waals surface area contributed by atoms with Gasteiger partial charge in [0.15, 0.2) is 6.61 Å². The molecule has 1 fully saturated rings. The van der Waals surface area contributed by atoms with Crippen molar-refractivity contribution in [2.45, 2.75) is 46.6 Å². The minimum atomic E-state index is -0.475. The Labute approximate surface area is 139 Å². The van der Waals surface area contributed by atoms with Gasteiger partial charge < -0.3 is 9.30 Å². The highest BCUT2D eigenvalue weighted by Crippen LogP contribution is 2.38. The van der Waals surface area contributed by atoms with E-state index in [1.807, 2.05) is 26.8 Å². The van der Waals surface area contributed by atoms with Gasteiger partial charge in [0, 0.05) is 23.0 Å². The molecule has 0 saturated heterocycles. The molecule has 23 heavy (non-hydrogen) atoms. The van der Waals surface area contributed by atoms with Gasteiger partial charge in [0.05, 0.1) is 10.7 Å². The van der Waals surface area contributed by atoms with E-state index in [-0.39, 0.29) is 12.4 Å². The SMILES string of the molecule is Cc1nc(C)c(C(=O)OCC(=O)c2cc(C)n(C3CC3)c2C)s1. The fraction of sp³-hybridized carbons (Fsp3) is 0.471. The Morgan fingerprint density at radius 1 is 1.30 bits per heavy atom. The van der Waals surface area contributed by atoms with Gasteiger partial charge in [0.2, 0.25) is 5.78 Å². The maximum atomic E-state index is 12.4. The van der Waals surface area contributed by atoms with Crippen molar-refractivity contribution in [3.63, 3.8) is 0 Å². The maximum absolute atomic E-state index is 12.4. The van der Waals surface area contributed by atoms with E-state index in [1.54, 1.807) is 6.92 Å². The van der Waals surface area contributed by atoms with E-state index in [1.165, 1.54) is 24.2 Å². The summed E-state index contributed by atoms with van der Waals surface area (Å²) in [7, 11) is 0. The lowest BCUT2D eigenvalue weighted by Gasteiger charge is -2.07. The number of carbonyl (C=O) groups is 2. The van der Waals surface area contributed by atoms with Gasteiger partial charge in [-0.15, -0.1) is 11.3 Å². The normalized spacial score (nSPS) is 14.1. The molecule has 2 heterocycles. The second-order valence-corrected chi connectivity index (χ2v) is 7.24. The van der Waals surface area contributed by atoms with Gasteiger partial charge in [-0.1, -0.05) is 0 Å². The summed E-state index contributed by atoms with van der Waals surface area (Å²) in [5.74, 6) is -0.630. The highest BCUT2D eigenvalue weighted by Gasteiger charge is 2.28. The summed E-state index contributed by atoms with van der Waals surface area (Å²) in [6.07, 6.45) is 2.34. The molecule has 0 amide bonds. The van der Waals surface area contributed by atoms with Crippen molar-refractivity contribution in [1.29, 1.82) is 0 Å². The van der Waals surface area contributed by atoms with Gasteiger partial charge in [-0.25, -0.2) is 9.78 Å². The zero-order chi connectivity index (χ0) is 16.7. The number of aromatic nitrogens is 2. The average molecular weight is 332 g/mol. The Bertz CT molecular complexity index is 784. The molecule has 2 aromatic heterocycles. The smallest absolute Gasteiger partial charge is 0.350 e. The van der Waals surface area contributed by atoms with Crippen LogP contribution in [0.3, 0.4) is 0 Å². The predicted molar refractivity (Wildman–Crippen MR) is 88.4 cm³/mol. The number of hydrogen-bond donors (Lipinski definition) is 0. The molecule has 0 spiro atoms. The van der Waals surface area contributed by atoms with Crippen molar-refractivity contribution in [2.75, 3.05) is 6.61 Å². The fourth-order valence-electron chi connectivity index (χ4n) is 2.95. The van der Waals surface area contributed by atoms with Crippen LogP contribution in [0.5, 0.6) is 0 Å². The van der Waals surface area contributed by atoms with E-state index in [2.05, 4.69) is 9.55 Å². The first kappa shape index (κ1) is 15.9. The van der Waals surface area contributed by atoms with Gasteiger partial charge in [0.1, 0.15) is 4.88 Å². The number of nitrogens with zero attached hydrogens (tertiary/aromatic N) is 2. The third-order valence-corrected chi connectivity index (χ3v) is 5.17. The molecule has 0 N–H and O–H groups in total. The molecule has 0 radical (unpaired) electrons. The van der Waals surface area contributed by atoms with E-state index in [9.17, 15) is 9.59 Å². The van der Waals surface area contributed by atoms with E-state index < -0.39 is 5.97 Å². The quantitative estimate of drug-likeness (QED) is 0.620. The average Bonchev–Trinajstić information content (AvgIpc) is 3.19. The van der Waals surface area contributed by atoms with E-state index >= 15 is 0 Å².